The Bertz CT molecular complexity index is 1420. The van der Waals surface area contributed by atoms with Crippen LogP contribution < -0.4 is 10.2 Å². The molecule has 4 aromatic rings. The lowest BCUT2D eigenvalue weighted by atomic mass is 10.1. The highest BCUT2D eigenvalue weighted by atomic mass is 32.1. The number of nitrogens with zero attached hydrogens (tertiary/aromatic N) is 4. The molecule has 3 aliphatic rings. The van der Waals surface area contributed by atoms with Crippen molar-refractivity contribution >= 4 is 38.3 Å². The summed E-state index contributed by atoms with van der Waals surface area (Å²) in [5, 5.41) is 4.16. The maximum atomic E-state index is 15.1. The van der Waals surface area contributed by atoms with Crippen LogP contribution in [0.25, 0.3) is 32.5 Å². The summed E-state index contributed by atoms with van der Waals surface area (Å²) in [7, 11) is 0. The number of ether oxygens (including phenoxy) is 1. The number of aromatic nitrogens is 3. The monoisotopic (exact) mass is 476 g/mol. The van der Waals surface area contributed by atoms with Gasteiger partial charge in [0.25, 0.3) is 0 Å². The lowest BCUT2D eigenvalue weighted by Crippen LogP contribution is -2.36. The van der Waals surface area contributed by atoms with E-state index in [2.05, 4.69) is 32.4 Å². The van der Waals surface area contributed by atoms with Crippen LogP contribution in [0.5, 0.6) is 0 Å². The maximum absolute atomic E-state index is 15.1. The molecule has 1 aromatic carbocycles. The first-order valence-electron chi connectivity index (χ1n) is 11.8. The number of H-pyrrole nitrogens is 1. The molecule has 1 atom stereocenters. The first-order valence-corrected chi connectivity index (χ1v) is 12.6. The number of rotatable bonds is 4. The number of anilines is 1. The number of likely N-dealkylation sites (tertiary alicyclic amines) is 1. The molecule has 2 fully saturated rings. The van der Waals surface area contributed by atoms with Crippen molar-refractivity contribution in [2.24, 2.45) is 5.92 Å². The molecule has 1 unspecified atom stereocenters. The molecule has 0 aliphatic carbocycles. The number of fused-ring (bicyclic) bond motifs is 3. The number of thiophene rings is 1. The molecular weight excluding hydrogens is 451 g/mol. The molecular formula is C25H25FN6OS. The number of hydrogen-bond donors (Lipinski definition) is 2. The average Bonchev–Trinajstić information content (AvgIpc) is 3.62. The third-order valence-corrected chi connectivity index (χ3v) is 8.17. The highest BCUT2D eigenvalue weighted by Gasteiger charge is 2.30. The molecule has 0 spiro atoms. The fourth-order valence-corrected chi connectivity index (χ4v) is 6.55. The second kappa shape index (κ2) is 8.04. The standard InChI is InChI=1S/C25H25FN6OS/c26-19-1-2-20-18(3-4-28-20)22(19)24-29-21-9-17(14-31-12-15-10-27-11-16(15)13-31)34-23(21)25(30-24)32-5-7-33-8-6-32/h1-4,9-10,16,27-28H,5-8,11-14H2. The number of morpholine rings is 1. The summed E-state index contributed by atoms with van der Waals surface area (Å²) in [6.45, 7) is 6.91. The number of nitrogens with one attached hydrogen (secondary N) is 2. The van der Waals surface area contributed by atoms with Gasteiger partial charge in [0.15, 0.2) is 11.6 Å². The normalized spacial score (nSPS) is 20.8. The van der Waals surface area contributed by atoms with Crippen molar-refractivity contribution in [2.75, 3.05) is 50.8 Å². The Morgan fingerprint density at radius 1 is 1.18 bits per heavy atom. The maximum Gasteiger partial charge on any atom is 0.165 e. The van der Waals surface area contributed by atoms with E-state index in [0.29, 0.717) is 30.5 Å². The van der Waals surface area contributed by atoms with Gasteiger partial charge in [-0.3, -0.25) is 4.90 Å². The second-order valence-corrected chi connectivity index (χ2v) is 10.4. The SMILES string of the molecule is Fc1ccc2[nH]ccc2c1-c1nc(N2CCOCC2)c2sc(CN3CC4=CNCC4C3)cc2n1. The van der Waals surface area contributed by atoms with Gasteiger partial charge >= 0.3 is 0 Å². The molecule has 3 aromatic heterocycles. The van der Waals surface area contributed by atoms with Crippen LogP contribution in [0, 0.1) is 11.7 Å². The summed E-state index contributed by atoms with van der Waals surface area (Å²) in [6.07, 6.45) is 4.01. The van der Waals surface area contributed by atoms with Crippen LogP contribution in [0.3, 0.4) is 0 Å². The Morgan fingerprint density at radius 2 is 2.09 bits per heavy atom. The highest BCUT2D eigenvalue weighted by Crippen LogP contribution is 2.38. The van der Waals surface area contributed by atoms with E-state index < -0.39 is 0 Å². The van der Waals surface area contributed by atoms with Gasteiger partial charge in [-0.2, -0.15) is 0 Å². The average molecular weight is 477 g/mol. The molecule has 34 heavy (non-hydrogen) atoms. The molecule has 9 heteroatoms. The molecule has 7 nitrogen and oxygen atoms in total. The summed E-state index contributed by atoms with van der Waals surface area (Å²) in [5.41, 5.74) is 3.73. The minimum absolute atomic E-state index is 0.305. The quantitative estimate of drug-likeness (QED) is 0.468. The molecule has 0 saturated carbocycles. The highest BCUT2D eigenvalue weighted by molar-refractivity contribution is 7.19. The second-order valence-electron chi connectivity index (χ2n) is 9.25. The van der Waals surface area contributed by atoms with Crippen molar-refractivity contribution in [1.82, 2.24) is 25.2 Å². The van der Waals surface area contributed by atoms with Crippen LogP contribution in [-0.4, -0.2) is 65.8 Å². The van der Waals surface area contributed by atoms with Gasteiger partial charge < -0.3 is 19.9 Å². The van der Waals surface area contributed by atoms with Gasteiger partial charge in [0.1, 0.15) is 5.82 Å². The van der Waals surface area contributed by atoms with Gasteiger partial charge in [0.2, 0.25) is 0 Å². The Morgan fingerprint density at radius 3 is 2.97 bits per heavy atom. The fourth-order valence-electron chi connectivity index (χ4n) is 5.39. The van der Waals surface area contributed by atoms with Gasteiger partial charge in [-0.15, -0.1) is 11.3 Å². The van der Waals surface area contributed by atoms with Crippen molar-refractivity contribution in [3.63, 3.8) is 0 Å². The summed E-state index contributed by atoms with van der Waals surface area (Å²) in [6, 6.07) is 7.31. The Hall–Kier alpha value is -3.01. The van der Waals surface area contributed by atoms with E-state index in [9.17, 15) is 0 Å². The number of aromatic amines is 1. The number of benzene rings is 1. The van der Waals surface area contributed by atoms with Gasteiger partial charge in [-0.1, -0.05) is 0 Å². The van der Waals surface area contributed by atoms with Crippen LogP contribution in [0.15, 0.2) is 42.2 Å². The summed E-state index contributed by atoms with van der Waals surface area (Å²) >= 11 is 1.76. The molecule has 2 saturated heterocycles. The van der Waals surface area contributed by atoms with Crippen LogP contribution in [0.4, 0.5) is 10.2 Å². The molecule has 3 aliphatic heterocycles. The van der Waals surface area contributed by atoms with Crippen LogP contribution in [0.1, 0.15) is 4.88 Å². The zero-order valence-electron chi connectivity index (χ0n) is 18.7. The van der Waals surface area contributed by atoms with Gasteiger partial charge in [0.05, 0.1) is 29.0 Å². The van der Waals surface area contributed by atoms with Gasteiger partial charge in [0, 0.05) is 67.2 Å². The molecule has 174 valence electrons. The van der Waals surface area contributed by atoms with Crippen molar-refractivity contribution in [3.8, 4) is 11.4 Å². The predicted molar refractivity (Wildman–Crippen MR) is 133 cm³/mol. The minimum Gasteiger partial charge on any atom is -0.390 e. The van der Waals surface area contributed by atoms with Crippen LogP contribution >= 0.6 is 11.3 Å². The van der Waals surface area contributed by atoms with E-state index in [0.717, 1.165) is 66.2 Å². The molecule has 0 amide bonds. The first kappa shape index (κ1) is 20.4. The van der Waals surface area contributed by atoms with Crippen molar-refractivity contribution < 1.29 is 9.13 Å². The zero-order chi connectivity index (χ0) is 22.6. The van der Waals surface area contributed by atoms with Crippen molar-refractivity contribution in [3.05, 3.63) is 52.9 Å². The Balaban J connectivity index is 1.33. The smallest absolute Gasteiger partial charge is 0.165 e. The topological polar surface area (TPSA) is 69.3 Å². The first-order chi connectivity index (χ1) is 16.7. The summed E-state index contributed by atoms with van der Waals surface area (Å²) in [5.74, 6) is 1.65. The summed E-state index contributed by atoms with van der Waals surface area (Å²) < 4.78 is 21.8. The molecule has 6 heterocycles. The Kier molecular flexibility index (Phi) is 4.82. The minimum atomic E-state index is -0.305. The molecule has 0 bridgehead atoms. The Labute approximate surface area is 200 Å². The van der Waals surface area contributed by atoms with E-state index in [4.69, 9.17) is 14.7 Å². The third kappa shape index (κ3) is 3.38. The largest absolute Gasteiger partial charge is 0.390 e. The van der Waals surface area contributed by atoms with E-state index in [1.807, 2.05) is 12.3 Å². The third-order valence-electron chi connectivity index (χ3n) is 7.06. The van der Waals surface area contributed by atoms with Crippen LogP contribution in [-0.2, 0) is 11.3 Å². The van der Waals surface area contributed by atoms with E-state index in [1.165, 1.54) is 16.5 Å². The molecule has 7 rings (SSSR count). The molecule has 2 N–H and O–H groups in total. The van der Waals surface area contributed by atoms with Gasteiger partial charge in [-0.25, -0.2) is 14.4 Å². The van der Waals surface area contributed by atoms with Crippen molar-refractivity contribution in [1.29, 1.82) is 0 Å². The van der Waals surface area contributed by atoms with E-state index >= 15 is 4.39 Å². The van der Waals surface area contributed by atoms with E-state index in [1.54, 1.807) is 17.4 Å². The molecule has 0 radical (unpaired) electrons. The van der Waals surface area contributed by atoms with E-state index in [-0.39, 0.29) is 5.82 Å². The van der Waals surface area contributed by atoms with Crippen LogP contribution in [0.2, 0.25) is 0 Å². The van der Waals surface area contributed by atoms with Crippen molar-refractivity contribution in [2.45, 2.75) is 6.54 Å². The lowest BCUT2D eigenvalue weighted by Gasteiger charge is -2.28. The number of halogens is 1. The number of hydrogen-bond acceptors (Lipinski definition) is 7. The fraction of sp³-hybridized carbons (Fsp3) is 0.360. The van der Waals surface area contributed by atoms with Gasteiger partial charge in [-0.05, 0) is 36.0 Å². The predicted octanol–water partition coefficient (Wildman–Crippen LogP) is 3.73. The lowest BCUT2D eigenvalue weighted by molar-refractivity contribution is 0.122. The zero-order valence-corrected chi connectivity index (χ0v) is 19.5. The summed E-state index contributed by atoms with van der Waals surface area (Å²) in [4.78, 5) is 19.1.